The monoisotopic (exact) mass is 380 g/mol. The molecule has 0 saturated carbocycles. The zero-order valence-electron chi connectivity index (χ0n) is 13.7. The van der Waals surface area contributed by atoms with Crippen molar-refractivity contribution < 1.29 is 27.6 Å². The molecule has 140 valence electrons. The van der Waals surface area contributed by atoms with Crippen molar-refractivity contribution >= 4 is 29.2 Å². The number of rotatable bonds is 7. The summed E-state index contributed by atoms with van der Waals surface area (Å²) in [5.41, 5.74) is 0. The van der Waals surface area contributed by atoms with E-state index in [0.29, 0.717) is 4.90 Å². The van der Waals surface area contributed by atoms with Crippen molar-refractivity contribution in [2.75, 3.05) is 33.7 Å². The molecule has 25 heavy (non-hydrogen) atoms. The lowest BCUT2D eigenvalue weighted by molar-refractivity contribution is -0.152. The SMILES string of the molecule is CN(C)C(=O)CN(CC(=O)NC(=O)NCc1cccs1)CC(F)(F)F. The van der Waals surface area contributed by atoms with Crippen LogP contribution in [0.4, 0.5) is 18.0 Å². The van der Waals surface area contributed by atoms with Gasteiger partial charge in [-0.05, 0) is 11.4 Å². The van der Waals surface area contributed by atoms with Crippen molar-refractivity contribution in [3.8, 4) is 0 Å². The predicted molar refractivity (Wildman–Crippen MR) is 85.9 cm³/mol. The first-order valence-corrected chi connectivity index (χ1v) is 8.04. The van der Waals surface area contributed by atoms with Crippen molar-refractivity contribution in [2.24, 2.45) is 0 Å². The Kier molecular flexibility index (Phi) is 7.84. The lowest BCUT2D eigenvalue weighted by Crippen LogP contribution is -2.48. The van der Waals surface area contributed by atoms with Crippen LogP contribution in [0.15, 0.2) is 17.5 Å². The number of hydrogen-bond acceptors (Lipinski definition) is 5. The van der Waals surface area contributed by atoms with E-state index in [1.54, 1.807) is 12.1 Å². The molecule has 1 aromatic heterocycles. The van der Waals surface area contributed by atoms with Crippen molar-refractivity contribution in [3.05, 3.63) is 22.4 Å². The number of alkyl halides is 3. The van der Waals surface area contributed by atoms with E-state index >= 15 is 0 Å². The summed E-state index contributed by atoms with van der Waals surface area (Å²) >= 11 is 1.41. The molecule has 11 heteroatoms. The standard InChI is InChI=1S/C14H19F3N4O3S/c1-20(2)12(23)8-21(9-14(15,16)17)7-11(22)19-13(24)18-6-10-4-3-5-25-10/h3-5H,6-9H2,1-2H3,(H2,18,19,22,24). The fraction of sp³-hybridized carbons (Fsp3) is 0.500. The van der Waals surface area contributed by atoms with Crippen LogP contribution in [0.2, 0.25) is 0 Å². The van der Waals surface area contributed by atoms with Gasteiger partial charge in [0.1, 0.15) is 0 Å². The smallest absolute Gasteiger partial charge is 0.348 e. The highest BCUT2D eigenvalue weighted by Crippen LogP contribution is 2.16. The van der Waals surface area contributed by atoms with E-state index in [9.17, 15) is 27.6 Å². The van der Waals surface area contributed by atoms with Crippen LogP contribution in [0.1, 0.15) is 4.88 Å². The number of nitrogens with zero attached hydrogens (tertiary/aromatic N) is 2. The minimum atomic E-state index is -4.58. The van der Waals surface area contributed by atoms with Crippen molar-refractivity contribution in [1.29, 1.82) is 0 Å². The van der Waals surface area contributed by atoms with Gasteiger partial charge in [-0.2, -0.15) is 13.2 Å². The number of amides is 4. The molecule has 0 radical (unpaired) electrons. The third kappa shape index (κ3) is 9.05. The maximum Gasteiger partial charge on any atom is 0.401 e. The van der Waals surface area contributed by atoms with Crippen LogP contribution in [0.3, 0.4) is 0 Å². The largest absolute Gasteiger partial charge is 0.401 e. The molecule has 1 rings (SSSR count). The van der Waals surface area contributed by atoms with Gasteiger partial charge in [0.25, 0.3) is 0 Å². The Morgan fingerprint density at radius 3 is 2.40 bits per heavy atom. The van der Waals surface area contributed by atoms with Gasteiger partial charge in [-0.15, -0.1) is 11.3 Å². The maximum absolute atomic E-state index is 12.6. The average molecular weight is 380 g/mol. The number of imide groups is 1. The number of thiophene rings is 1. The predicted octanol–water partition coefficient (Wildman–Crippen LogP) is 1.03. The van der Waals surface area contributed by atoms with Gasteiger partial charge in [-0.3, -0.25) is 19.8 Å². The highest BCUT2D eigenvalue weighted by atomic mass is 32.1. The van der Waals surface area contributed by atoms with E-state index in [-0.39, 0.29) is 6.54 Å². The molecule has 0 fully saturated rings. The van der Waals surface area contributed by atoms with Crippen LogP contribution >= 0.6 is 11.3 Å². The molecule has 0 aromatic carbocycles. The molecule has 2 N–H and O–H groups in total. The zero-order chi connectivity index (χ0) is 19.0. The van der Waals surface area contributed by atoms with E-state index in [4.69, 9.17) is 0 Å². The topological polar surface area (TPSA) is 81.8 Å². The van der Waals surface area contributed by atoms with Gasteiger partial charge in [0.15, 0.2) is 0 Å². The number of hydrogen-bond donors (Lipinski definition) is 2. The summed E-state index contributed by atoms with van der Waals surface area (Å²) in [6, 6.07) is 2.76. The molecule has 0 saturated heterocycles. The number of likely N-dealkylation sites (N-methyl/N-ethyl adjacent to an activating group) is 1. The Morgan fingerprint density at radius 1 is 1.20 bits per heavy atom. The molecule has 1 heterocycles. The van der Waals surface area contributed by atoms with E-state index < -0.39 is 43.7 Å². The number of carbonyl (C=O) groups is 3. The molecule has 4 amide bonds. The highest BCUT2D eigenvalue weighted by Gasteiger charge is 2.32. The van der Waals surface area contributed by atoms with Crippen LogP contribution in [0.25, 0.3) is 0 Å². The average Bonchev–Trinajstić information content (AvgIpc) is 2.96. The lowest BCUT2D eigenvalue weighted by Gasteiger charge is -2.23. The van der Waals surface area contributed by atoms with Crippen LogP contribution in [-0.4, -0.2) is 67.6 Å². The quantitative estimate of drug-likeness (QED) is 0.740. The van der Waals surface area contributed by atoms with E-state index in [1.165, 1.54) is 25.4 Å². The van der Waals surface area contributed by atoms with Crippen LogP contribution in [0, 0.1) is 0 Å². The highest BCUT2D eigenvalue weighted by molar-refractivity contribution is 7.09. The molecule has 0 aliphatic carbocycles. The van der Waals surface area contributed by atoms with E-state index in [0.717, 1.165) is 9.78 Å². The Morgan fingerprint density at radius 2 is 1.88 bits per heavy atom. The molecular formula is C14H19F3N4O3S. The molecule has 7 nitrogen and oxygen atoms in total. The molecular weight excluding hydrogens is 361 g/mol. The van der Waals surface area contributed by atoms with Crippen LogP contribution < -0.4 is 10.6 Å². The van der Waals surface area contributed by atoms with Gasteiger partial charge in [0, 0.05) is 19.0 Å². The first-order valence-electron chi connectivity index (χ1n) is 7.16. The molecule has 0 atom stereocenters. The van der Waals surface area contributed by atoms with E-state index in [2.05, 4.69) is 5.32 Å². The third-order valence-electron chi connectivity index (χ3n) is 2.88. The summed E-state index contributed by atoms with van der Waals surface area (Å²) in [7, 11) is 2.79. The Hall–Kier alpha value is -2.14. The molecule has 0 aliphatic rings. The van der Waals surface area contributed by atoms with Gasteiger partial charge in [0.2, 0.25) is 11.8 Å². The molecule has 0 spiro atoms. The summed E-state index contributed by atoms with van der Waals surface area (Å²) in [6.45, 7) is -2.55. The van der Waals surface area contributed by atoms with Crippen molar-refractivity contribution in [2.45, 2.75) is 12.7 Å². The first-order chi connectivity index (χ1) is 11.6. The number of nitrogens with one attached hydrogen (secondary N) is 2. The summed E-state index contributed by atoms with van der Waals surface area (Å²) < 4.78 is 37.7. The second-order valence-electron chi connectivity index (χ2n) is 5.36. The van der Waals surface area contributed by atoms with Gasteiger partial charge in [-0.1, -0.05) is 6.07 Å². The van der Waals surface area contributed by atoms with Gasteiger partial charge >= 0.3 is 12.2 Å². The second kappa shape index (κ2) is 9.37. The molecule has 0 unspecified atom stereocenters. The lowest BCUT2D eigenvalue weighted by atomic mass is 10.4. The Labute approximate surface area is 146 Å². The number of halogens is 3. The Balaban J connectivity index is 2.51. The van der Waals surface area contributed by atoms with Gasteiger partial charge in [0.05, 0.1) is 26.2 Å². The summed E-state index contributed by atoms with van der Waals surface area (Å²) in [5, 5.41) is 6.18. The van der Waals surface area contributed by atoms with E-state index in [1.807, 2.05) is 10.7 Å². The number of urea groups is 1. The van der Waals surface area contributed by atoms with Crippen LogP contribution in [0.5, 0.6) is 0 Å². The summed E-state index contributed by atoms with van der Waals surface area (Å²) in [5.74, 6) is -1.52. The minimum absolute atomic E-state index is 0.197. The second-order valence-corrected chi connectivity index (χ2v) is 6.39. The molecule has 0 bridgehead atoms. The van der Waals surface area contributed by atoms with Crippen LogP contribution in [-0.2, 0) is 16.1 Å². The molecule has 0 aliphatic heterocycles. The minimum Gasteiger partial charge on any atom is -0.348 e. The third-order valence-corrected chi connectivity index (χ3v) is 3.76. The first kappa shape index (κ1) is 20.9. The molecule has 1 aromatic rings. The summed E-state index contributed by atoms with van der Waals surface area (Å²) in [4.78, 5) is 37.5. The zero-order valence-corrected chi connectivity index (χ0v) is 14.5. The fourth-order valence-electron chi connectivity index (χ4n) is 1.75. The summed E-state index contributed by atoms with van der Waals surface area (Å²) in [6.07, 6.45) is -4.58. The van der Waals surface area contributed by atoms with Crippen molar-refractivity contribution in [1.82, 2.24) is 20.4 Å². The van der Waals surface area contributed by atoms with Gasteiger partial charge in [-0.25, -0.2) is 4.79 Å². The number of carbonyl (C=O) groups excluding carboxylic acids is 3. The fourth-order valence-corrected chi connectivity index (χ4v) is 2.39. The Bertz CT molecular complexity index is 591. The maximum atomic E-state index is 12.6. The normalized spacial score (nSPS) is 11.3. The van der Waals surface area contributed by atoms with Crippen molar-refractivity contribution in [3.63, 3.8) is 0 Å². The van der Waals surface area contributed by atoms with Gasteiger partial charge < -0.3 is 10.2 Å².